The van der Waals surface area contributed by atoms with E-state index in [-0.39, 0.29) is 0 Å². The number of likely N-dealkylation sites (tertiary alicyclic amines) is 4. The van der Waals surface area contributed by atoms with Crippen molar-refractivity contribution in [1.29, 1.82) is 0 Å². The number of hydrogen-bond acceptors (Lipinski definition) is 16. The number of nitrogens with zero attached hydrogens (tertiary/aromatic N) is 8. The van der Waals surface area contributed by atoms with E-state index in [1.807, 2.05) is 49.6 Å². The lowest BCUT2D eigenvalue weighted by Gasteiger charge is -2.20. The summed E-state index contributed by atoms with van der Waals surface area (Å²) in [5.41, 5.74) is 11.1. The molecule has 8 heterocycles. The average molecular weight is 1010 g/mol. The zero-order valence-corrected chi connectivity index (χ0v) is 42.8. The Kier molecular flexibility index (Phi) is 25.4. The van der Waals surface area contributed by atoms with Gasteiger partial charge in [0.25, 0.3) is 0 Å². The summed E-state index contributed by atoms with van der Waals surface area (Å²) < 4.78 is 0. The number of hydrogen-bond donors (Lipinski definition) is 8. The number of aryl methyl sites for hydroxylation is 4. The molecule has 4 saturated heterocycles. The molecule has 4 fully saturated rings. The first-order valence-corrected chi connectivity index (χ1v) is 24.1. The minimum atomic E-state index is -2.27. The molecule has 0 aromatic carbocycles. The first-order chi connectivity index (χ1) is 34.1. The van der Waals surface area contributed by atoms with Gasteiger partial charge in [0, 0.05) is 73.7 Å². The van der Waals surface area contributed by atoms with Crippen LogP contribution in [0.15, 0.2) is 73.8 Å². The van der Waals surface area contributed by atoms with Crippen LogP contribution < -0.4 is 0 Å². The maximum atomic E-state index is 9.77. The molecule has 20 nitrogen and oxygen atoms in total. The fraction of sp³-hybridized carbons (Fsp3) is 0.538. The van der Waals surface area contributed by atoms with E-state index in [4.69, 9.17) is 40.9 Å². The molecule has 72 heavy (non-hydrogen) atoms. The van der Waals surface area contributed by atoms with Gasteiger partial charge in [-0.15, -0.1) is 0 Å². The number of aromatic nitrogens is 4. The Morgan fingerprint density at radius 3 is 0.708 bits per heavy atom. The summed E-state index contributed by atoms with van der Waals surface area (Å²) in [6.07, 6.45) is 16.9. The highest BCUT2D eigenvalue weighted by Gasteiger charge is 2.31. The largest absolute Gasteiger partial charge is 0.479 e. The molecular weight excluding hydrogens is 929 g/mol. The van der Waals surface area contributed by atoms with Crippen LogP contribution in [0.25, 0.3) is 0 Å². The summed E-state index contributed by atoms with van der Waals surface area (Å²) in [5, 5.41) is 65.1. The molecule has 20 heteroatoms. The van der Waals surface area contributed by atoms with Crippen LogP contribution in [0.4, 0.5) is 0 Å². The molecule has 8 rings (SSSR count). The zero-order chi connectivity index (χ0) is 53.7. The molecule has 8 N–H and O–H groups in total. The lowest BCUT2D eigenvalue weighted by Crippen LogP contribution is -2.39. The van der Waals surface area contributed by atoms with Crippen molar-refractivity contribution in [2.24, 2.45) is 0 Å². The van der Waals surface area contributed by atoms with Gasteiger partial charge in [0.2, 0.25) is 0 Å². The number of rotatable bonds is 10. The van der Waals surface area contributed by atoms with Crippen molar-refractivity contribution in [1.82, 2.24) is 39.5 Å². The van der Waals surface area contributed by atoms with E-state index in [9.17, 15) is 19.2 Å². The van der Waals surface area contributed by atoms with Crippen LogP contribution in [0.5, 0.6) is 0 Å². The van der Waals surface area contributed by atoms with Gasteiger partial charge in [0.1, 0.15) is 0 Å². The molecule has 4 aromatic rings. The third-order valence-electron chi connectivity index (χ3n) is 13.4. The van der Waals surface area contributed by atoms with Crippen molar-refractivity contribution in [3.63, 3.8) is 0 Å². The van der Waals surface area contributed by atoms with Crippen LogP contribution >= 0.6 is 0 Å². The number of pyridine rings is 4. The van der Waals surface area contributed by atoms with Gasteiger partial charge in [-0.25, -0.2) is 19.2 Å². The molecule has 0 saturated carbocycles. The maximum absolute atomic E-state index is 9.77. The van der Waals surface area contributed by atoms with Crippen molar-refractivity contribution < 1.29 is 60.0 Å². The van der Waals surface area contributed by atoms with Crippen molar-refractivity contribution >= 4 is 23.9 Å². The quantitative estimate of drug-likeness (QED) is 0.109. The number of aliphatic hydroxyl groups is 4. The highest BCUT2D eigenvalue weighted by molar-refractivity contribution is 5.83. The SMILES string of the molecule is Cc1ccncc1[C@@H]1CCCN1C.Cc1ccncc1[C@@H]1CCCN1C.Cc1ccncc1[C@@H]1CCCN1C.Cc1ccncc1[C@@H]1CCCN1C.O=C(O)C(O)C(O)C(=O)O.O=C(O)C(O)C(O)C(=O)O. The monoisotopic (exact) mass is 1000 g/mol. The molecule has 4 aromatic heterocycles. The number of aliphatic carboxylic acids is 4. The van der Waals surface area contributed by atoms with E-state index in [0.717, 1.165) is 0 Å². The van der Waals surface area contributed by atoms with E-state index in [0.29, 0.717) is 24.2 Å². The Labute approximate surface area is 422 Å². The number of aliphatic hydroxyl groups excluding tert-OH is 4. The zero-order valence-electron chi connectivity index (χ0n) is 42.8. The molecular formula is C52H76N8O12. The van der Waals surface area contributed by atoms with Crippen LogP contribution in [0.3, 0.4) is 0 Å². The van der Waals surface area contributed by atoms with Gasteiger partial charge >= 0.3 is 23.9 Å². The molecule has 0 radical (unpaired) electrons. The Bertz CT molecular complexity index is 2010. The van der Waals surface area contributed by atoms with E-state index in [1.54, 1.807) is 0 Å². The molecule has 0 bridgehead atoms. The summed E-state index contributed by atoms with van der Waals surface area (Å²) in [5.74, 6) is -7.07. The standard InChI is InChI=1S/4C11H16N2.2C4H6O6/c4*1-9-5-6-12-8-10(9)11-4-3-7-13(11)2;2*5-1(3(7)8)2(6)4(9)10/h4*5-6,8,11H,3-4,7H2,1-2H3;2*1-2,5-6H,(H,7,8)(H,9,10)/t4*11-;;/m0000../s1. The van der Waals surface area contributed by atoms with Gasteiger partial charge in [0.05, 0.1) is 0 Å². The summed E-state index contributed by atoms with van der Waals surface area (Å²) in [7, 11) is 8.79. The molecule has 0 amide bonds. The van der Waals surface area contributed by atoms with Crippen molar-refractivity contribution in [3.05, 3.63) is 118 Å². The van der Waals surface area contributed by atoms with E-state index < -0.39 is 48.3 Å². The van der Waals surface area contributed by atoms with E-state index in [1.165, 1.54) is 122 Å². The summed E-state index contributed by atoms with van der Waals surface area (Å²) >= 11 is 0. The predicted octanol–water partition coefficient (Wildman–Crippen LogP) is 4.38. The lowest BCUT2D eigenvalue weighted by atomic mass is 10.0. The van der Waals surface area contributed by atoms with Gasteiger partial charge in [-0.1, -0.05) is 0 Å². The Morgan fingerprint density at radius 2 is 0.583 bits per heavy atom. The van der Waals surface area contributed by atoms with E-state index >= 15 is 0 Å². The molecule has 4 unspecified atom stereocenters. The fourth-order valence-electron chi connectivity index (χ4n) is 9.05. The highest BCUT2D eigenvalue weighted by atomic mass is 16.4. The maximum Gasteiger partial charge on any atom is 0.335 e. The van der Waals surface area contributed by atoms with Crippen LogP contribution in [0.1, 0.15) is 120 Å². The summed E-state index contributed by atoms with van der Waals surface area (Å²) in [4.78, 5) is 65.6. The van der Waals surface area contributed by atoms with Gasteiger partial charge in [-0.2, -0.15) is 0 Å². The second-order valence-electron chi connectivity index (χ2n) is 18.6. The van der Waals surface area contributed by atoms with Crippen LogP contribution in [0, 0.1) is 27.7 Å². The van der Waals surface area contributed by atoms with Crippen molar-refractivity contribution in [3.8, 4) is 0 Å². The average Bonchev–Trinajstić information content (AvgIpc) is 4.19. The van der Waals surface area contributed by atoms with E-state index in [2.05, 4.69) is 120 Å². The third kappa shape index (κ3) is 18.3. The predicted molar refractivity (Wildman–Crippen MR) is 269 cm³/mol. The minimum Gasteiger partial charge on any atom is -0.479 e. The third-order valence-corrected chi connectivity index (χ3v) is 13.4. The Morgan fingerprint density at radius 1 is 0.403 bits per heavy atom. The second-order valence-corrected chi connectivity index (χ2v) is 18.6. The smallest absolute Gasteiger partial charge is 0.335 e. The summed E-state index contributed by atoms with van der Waals surface area (Å²) in [6.45, 7) is 13.6. The molecule has 0 aliphatic carbocycles. The number of carboxylic acid groups (broad SMARTS) is 4. The van der Waals surface area contributed by atoms with Crippen molar-refractivity contribution in [2.75, 3.05) is 54.4 Å². The Hall–Kier alpha value is -5.84. The lowest BCUT2D eigenvalue weighted by molar-refractivity contribution is -0.165. The van der Waals surface area contributed by atoms with Crippen LogP contribution in [-0.2, 0) is 19.2 Å². The van der Waals surface area contributed by atoms with Crippen LogP contribution in [0.2, 0.25) is 0 Å². The first-order valence-electron chi connectivity index (χ1n) is 24.1. The molecule has 396 valence electrons. The van der Waals surface area contributed by atoms with Gasteiger partial charge in [0.15, 0.2) is 24.4 Å². The number of carbonyl (C=O) groups is 4. The van der Waals surface area contributed by atoms with Gasteiger partial charge < -0.3 is 40.9 Å². The molecule has 4 aliphatic rings. The summed E-state index contributed by atoms with van der Waals surface area (Å²) in [6, 6.07) is 10.8. The van der Waals surface area contributed by atoms with Gasteiger partial charge in [-0.3, -0.25) is 39.5 Å². The second kappa shape index (κ2) is 30.3. The highest BCUT2D eigenvalue weighted by Crippen LogP contribution is 2.34. The first kappa shape index (κ1) is 60.5. The molecule has 4 aliphatic heterocycles. The molecule has 8 atom stereocenters. The van der Waals surface area contributed by atoms with Gasteiger partial charge in [-0.05, 0) is 202 Å². The fourth-order valence-corrected chi connectivity index (χ4v) is 9.05. The topological polar surface area (TPSA) is 295 Å². The normalized spacial score (nSPS) is 21.5. The minimum absolute atomic E-state index is 0.605. The number of carboxylic acids is 4. The Balaban J connectivity index is 0.000000229. The van der Waals surface area contributed by atoms with Crippen LogP contribution in [-0.4, -0.2) is 183 Å². The molecule has 0 spiro atoms. The van der Waals surface area contributed by atoms with Crippen molar-refractivity contribution in [2.45, 2.75) is 128 Å².